The highest BCUT2D eigenvalue weighted by molar-refractivity contribution is 7.98. The Bertz CT molecular complexity index is 613. The number of benzene rings is 2. The lowest BCUT2D eigenvalue weighted by molar-refractivity contribution is 0.0950. The summed E-state index contributed by atoms with van der Waals surface area (Å²) in [5.41, 5.74) is 0.345. The molecule has 0 atom stereocenters. The molecule has 0 aliphatic rings. The van der Waals surface area contributed by atoms with Gasteiger partial charge >= 0.3 is 0 Å². The topological polar surface area (TPSA) is 49.3 Å². The van der Waals surface area contributed by atoms with Crippen LogP contribution in [0, 0.1) is 0 Å². The van der Waals surface area contributed by atoms with Gasteiger partial charge in [0.2, 0.25) is 0 Å². The standard InChI is InChI=1S/C17H21NO2S/c1-21-12-6-2-5-11-18-17(20)15-10-9-13-7-3-4-8-14(13)16(15)19/h3-4,7-10,19H,2,5-6,11-12H2,1H3,(H,18,20). The fraction of sp³-hybridized carbons (Fsp3) is 0.353. The van der Waals surface area contributed by atoms with Gasteiger partial charge in [0.05, 0.1) is 5.56 Å². The van der Waals surface area contributed by atoms with E-state index in [1.807, 2.05) is 42.1 Å². The predicted molar refractivity (Wildman–Crippen MR) is 90.2 cm³/mol. The number of amides is 1. The van der Waals surface area contributed by atoms with E-state index in [1.165, 1.54) is 12.2 Å². The van der Waals surface area contributed by atoms with Gasteiger partial charge in [0, 0.05) is 11.9 Å². The van der Waals surface area contributed by atoms with Crippen LogP contribution in [0.2, 0.25) is 0 Å². The van der Waals surface area contributed by atoms with Crippen LogP contribution in [0.5, 0.6) is 5.75 Å². The Morgan fingerprint density at radius 2 is 1.95 bits per heavy atom. The monoisotopic (exact) mass is 303 g/mol. The molecule has 0 fully saturated rings. The summed E-state index contributed by atoms with van der Waals surface area (Å²) in [5, 5.41) is 14.8. The zero-order valence-electron chi connectivity index (χ0n) is 12.3. The van der Waals surface area contributed by atoms with E-state index in [1.54, 1.807) is 6.07 Å². The van der Waals surface area contributed by atoms with Crippen molar-refractivity contribution in [3.63, 3.8) is 0 Å². The molecule has 21 heavy (non-hydrogen) atoms. The van der Waals surface area contributed by atoms with Crippen molar-refractivity contribution in [2.45, 2.75) is 19.3 Å². The van der Waals surface area contributed by atoms with Crippen molar-refractivity contribution >= 4 is 28.4 Å². The quantitative estimate of drug-likeness (QED) is 0.765. The number of carbonyl (C=O) groups excluding carboxylic acids is 1. The van der Waals surface area contributed by atoms with E-state index >= 15 is 0 Å². The number of hydrogen-bond acceptors (Lipinski definition) is 3. The van der Waals surface area contributed by atoms with E-state index in [4.69, 9.17) is 0 Å². The smallest absolute Gasteiger partial charge is 0.255 e. The lowest BCUT2D eigenvalue weighted by atomic mass is 10.0. The van der Waals surface area contributed by atoms with Crippen molar-refractivity contribution in [3.8, 4) is 5.75 Å². The summed E-state index contributed by atoms with van der Waals surface area (Å²) in [5.74, 6) is 1.02. The summed E-state index contributed by atoms with van der Waals surface area (Å²) in [6, 6.07) is 11.1. The fourth-order valence-electron chi connectivity index (χ4n) is 2.28. The third-order valence-corrected chi connectivity index (χ3v) is 4.15. The SMILES string of the molecule is CSCCCCCNC(=O)c1ccc2ccccc2c1O. The van der Waals surface area contributed by atoms with Gasteiger partial charge in [-0.15, -0.1) is 0 Å². The van der Waals surface area contributed by atoms with Crippen LogP contribution in [0.15, 0.2) is 36.4 Å². The maximum atomic E-state index is 12.1. The number of aromatic hydroxyl groups is 1. The number of phenolic OH excluding ortho intramolecular Hbond substituents is 1. The van der Waals surface area contributed by atoms with Gasteiger partial charge in [0.25, 0.3) is 5.91 Å². The minimum absolute atomic E-state index is 0.0629. The molecule has 0 aliphatic carbocycles. The highest BCUT2D eigenvalue weighted by atomic mass is 32.2. The highest BCUT2D eigenvalue weighted by Crippen LogP contribution is 2.28. The Kier molecular flexibility index (Phi) is 5.93. The van der Waals surface area contributed by atoms with Crippen molar-refractivity contribution < 1.29 is 9.90 Å². The van der Waals surface area contributed by atoms with E-state index in [9.17, 15) is 9.90 Å². The minimum Gasteiger partial charge on any atom is -0.506 e. The van der Waals surface area contributed by atoms with Crippen LogP contribution >= 0.6 is 11.8 Å². The molecule has 2 N–H and O–H groups in total. The molecule has 3 nitrogen and oxygen atoms in total. The van der Waals surface area contributed by atoms with Crippen molar-refractivity contribution in [1.82, 2.24) is 5.32 Å². The van der Waals surface area contributed by atoms with Crippen molar-refractivity contribution in [2.75, 3.05) is 18.6 Å². The Morgan fingerprint density at radius 3 is 2.76 bits per heavy atom. The largest absolute Gasteiger partial charge is 0.506 e. The van der Waals surface area contributed by atoms with Crippen LogP contribution in [-0.4, -0.2) is 29.6 Å². The van der Waals surface area contributed by atoms with Crippen LogP contribution in [0.4, 0.5) is 0 Å². The number of rotatable bonds is 7. The Balaban J connectivity index is 1.95. The molecule has 0 saturated heterocycles. The average Bonchev–Trinajstić information content (AvgIpc) is 2.51. The third kappa shape index (κ3) is 4.14. The summed E-state index contributed by atoms with van der Waals surface area (Å²) in [6.07, 6.45) is 5.37. The fourth-order valence-corrected chi connectivity index (χ4v) is 2.78. The molecule has 0 unspecified atom stereocenters. The van der Waals surface area contributed by atoms with Gasteiger partial charge in [-0.3, -0.25) is 4.79 Å². The molecule has 4 heteroatoms. The number of nitrogens with one attached hydrogen (secondary N) is 1. The lowest BCUT2D eigenvalue weighted by Gasteiger charge is -2.09. The molecule has 0 radical (unpaired) electrons. The molecule has 2 aromatic rings. The van der Waals surface area contributed by atoms with E-state index < -0.39 is 0 Å². The zero-order valence-corrected chi connectivity index (χ0v) is 13.1. The van der Waals surface area contributed by atoms with E-state index in [0.717, 1.165) is 18.2 Å². The molecule has 0 heterocycles. The number of phenols is 1. The Morgan fingerprint density at radius 1 is 1.14 bits per heavy atom. The number of thioether (sulfide) groups is 1. The molecule has 2 rings (SSSR count). The van der Waals surface area contributed by atoms with Gasteiger partial charge in [-0.05, 0) is 36.3 Å². The van der Waals surface area contributed by atoms with Gasteiger partial charge < -0.3 is 10.4 Å². The predicted octanol–water partition coefficient (Wildman–Crippen LogP) is 3.81. The second-order valence-electron chi connectivity index (χ2n) is 4.99. The molecular formula is C17H21NO2S. The van der Waals surface area contributed by atoms with Crippen molar-refractivity contribution in [1.29, 1.82) is 0 Å². The van der Waals surface area contributed by atoms with Gasteiger partial charge in [-0.1, -0.05) is 36.8 Å². The van der Waals surface area contributed by atoms with Crippen LogP contribution in [0.3, 0.4) is 0 Å². The summed E-state index contributed by atoms with van der Waals surface area (Å²) >= 11 is 1.85. The number of fused-ring (bicyclic) bond motifs is 1. The number of carbonyl (C=O) groups is 1. The van der Waals surface area contributed by atoms with Crippen LogP contribution < -0.4 is 5.32 Å². The van der Waals surface area contributed by atoms with Gasteiger partial charge in [0.1, 0.15) is 5.75 Å². The van der Waals surface area contributed by atoms with E-state index in [2.05, 4.69) is 11.6 Å². The summed E-state index contributed by atoms with van der Waals surface area (Å²) in [4.78, 5) is 12.1. The first-order valence-electron chi connectivity index (χ1n) is 7.22. The lowest BCUT2D eigenvalue weighted by Crippen LogP contribution is -2.24. The first kappa shape index (κ1) is 15.7. The molecule has 0 bridgehead atoms. The highest BCUT2D eigenvalue weighted by Gasteiger charge is 2.12. The maximum absolute atomic E-state index is 12.1. The summed E-state index contributed by atoms with van der Waals surface area (Å²) in [6.45, 7) is 0.652. The van der Waals surface area contributed by atoms with Crippen LogP contribution in [-0.2, 0) is 0 Å². The Labute approximate surface area is 129 Å². The second-order valence-corrected chi connectivity index (χ2v) is 5.98. The zero-order chi connectivity index (χ0) is 15.1. The normalized spacial score (nSPS) is 10.7. The minimum atomic E-state index is -0.205. The average molecular weight is 303 g/mol. The molecule has 112 valence electrons. The molecule has 2 aromatic carbocycles. The van der Waals surface area contributed by atoms with E-state index in [-0.39, 0.29) is 11.7 Å². The van der Waals surface area contributed by atoms with Crippen LogP contribution in [0.1, 0.15) is 29.6 Å². The molecular weight excluding hydrogens is 282 g/mol. The molecule has 0 saturated carbocycles. The molecule has 0 spiro atoms. The van der Waals surface area contributed by atoms with Crippen molar-refractivity contribution in [2.24, 2.45) is 0 Å². The number of unbranched alkanes of at least 4 members (excludes halogenated alkanes) is 2. The third-order valence-electron chi connectivity index (χ3n) is 3.46. The van der Waals surface area contributed by atoms with Crippen molar-refractivity contribution in [3.05, 3.63) is 42.0 Å². The van der Waals surface area contributed by atoms with Gasteiger partial charge in [-0.2, -0.15) is 11.8 Å². The van der Waals surface area contributed by atoms with Gasteiger partial charge in [-0.25, -0.2) is 0 Å². The first-order chi connectivity index (χ1) is 10.2. The van der Waals surface area contributed by atoms with Gasteiger partial charge in [0.15, 0.2) is 0 Å². The number of hydrogen-bond donors (Lipinski definition) is 2. The maximum Gasteiger partial charge on any atom is 0.255 e. The molecule has 0 aromatic heterocycles. The summed E-state index contributed by atoms with van der Waals surface area (Å²) < 4.78 is 0. The van der Waals surface area contributed by atoms with Crippen LogP contribution in [0.25, 0.3) is 10.8 Å². The molecule has 1 amide bonds. The molecule has 0 aliphatic heterocycles. The van der Waals surface area contributed by atoms with E-state index in [0.29, 0.717) is 17.5 Å². The Hall–Kier alpha value is -1.68. The first-order valence-corrected chi connectivity index (χ1v) is 8.61. The summed E-state index contributed by atoms with van der Waals surface area (Å²) in [7, 11) is 0. The second kappa shape index (κ2) is 7.93.